The summed E-state index contributed by atoms with van der Waals surface area (Å²) in [5.41, 5.74) is 1.76. The van der Waals surface area contributed by atoms with Gasteiger partial charge in [0.05, 0.1) is 6.61 Å². The first-order valence-corrected chi connectivity index (χ1v) is 9.60. The van der Waals surface area contributed by atoms with Crippen LogP contribution in [-0.2, 0) is 4.74 Å². The molecular formula is C20H29N3O3. The van der Waals surface area contributed by atoms with Crippen LogP contribution >= 0.6 is 0 Å². The highest BCUT2D eigenvalue weighted by Crippen LogP contribution is 2.22. The van der Waals surface area contributed by atoms with Crippen molar-refractivity contribution in [2.24, 2.45) is 0 Å². The van der Waals surface area contributed by atoms with Crippen molar-refractivity contribution in [1.82, 2.24) is 15.1 Å². The Labute approximate surface area is 155 Å². The zero-order valence-electron chi connectivity index (χ0n) is 15.7. The summed E-state index contributed by atoms with van der Waals surface area (Å²) < 4.78 is 5.08. The summed E-state index contributed by atoms with van der Waals surface area (Å²) >= 11 is 0. The lowest BCUT2D eigenvalue weighted by molar-refractivity contribution is 0.0791. The first kappa shape index (κ1) is 18.7. The normalized spacial score (nSPS) is 21.6. The first-order chi connectivity index (χ1) is 12.6. The molecule has 2 heterocycles. The zero-order chi connectivity index (χ0) is 18.5. The summed E-state index contributed by atoms with van der Waals surface area (Å²) in [6.07, 6.45) is 2.72. The van der Waals surface area contributed by atoms with E-state index in [0.29, 0.717) is 12.6 Å². The quantitative estimate of drug-likeness (QED) is 0.897. The van der Waals surface area contributed by atoms with Gasteiger partial charge in [0, 0.05) is 43.8 Å². The Hall–Kier alpha value is -2.08. The largest absolute Gasteiger partial charge is 0.450 e. The fraction of sp³-hybridized carbons (Fsp3) is 0.600. The Kier molecular flexibility index (Phi) is 6.14. The molecule has 6 nitrogen and oxygen atoms in total. The van der Waals surface area contributed by atoms with Crippen LogP contribution < -0.4 is 5.32 Å². The summed E-state index contributed by atoms with van der Waals surface area (Å²) in [5.74, 6) is 0.0204. The predicted molar refractivity (Wildman–Crippen MR) is 100 cm³/mol. The van der Waals surface area contributed by atoms with Crippen molar-refractivity contribution in [1.29, 1.82) is 0 Å². The van der Waals surface area contributed by atoms with Gasteiger partial charge in [-0.05, 0) is 44.7 Å². The molecule has 26 heavy (non-hydrogen) atoms. The number of ether oxygens (including phenoxy) is 1. The molecule has 0 aromatic heterocycles. The maximum Gasteiger partial charge on any atom is 0.409 e. The van der Waals surface area contributed by atoms with E-state index in [4.69, 9.17) is 4.74 Å². The Bertz CT molecular complexity index is 641. The molecule has 1 atom stereocenters. The van der Waals surface area contributed by atoms with Crippen LogP contribution in [-0.4, -0.2) is 66.7 Å². The SMILES string of the molecule is CCOC(=O)N1CCC(N2CC[C@H](NC(=O)c3ccccc3C)C2)CC1. The number of benzene rings is 1. The molecule has 0 radical (unpaired) electrons. The van der Waals surface area contributed by atoms with E-state index >= 15 is 0 Å². The molecule has 2 saturated heterocycles. The third kappa shape index (κ3) is 4.36. The average Bonchev–Trinajstić information content (AvgIpc) is 3.11. The number of hydrogen-bond acceptors (Lipinski definition) is 4. The van der Waals surface area contributed by atoms with Gasteiger partial charge in [-0.1, -0.05) is 18.2 Å². The summed E-state index contributed by atoms with van der Waals surface area (Å²) in [7, 11) is 0. The fourth-order valence-electron chi connectivity index (χ4n) is 3.96. The topological polar surface area (TPSA) is 61.9 Å². The molecule has 0 bridgehead atoms. The van der Waals surface area contributed by atoms with Crippen LogP contribution in [0.25, 0.3) is 0 Å². The molecule has 142 valence electrons. The number of aryl methyl sites for hydroxylation is 1. The minimum atomic E-state index is -0.198. The van der Waals surface area contributed by atoms with Crippen LogP contribution in [0.4, 0.5) is 4.79 Å². The van der Waals surface area contributed by atoms with Crippen molar-refractivity contribution >= 4 is 12.0 Å². The van der Waals surface area contributed by atoms with E-state index in [1.54, 1.807) is 4.90 Å². The van der Waals surface area contributed by atoms with Gasteiger partial charge >= 0.3 is 6.09 Å². The van der Waals surface area contributed by atoms with Gasteiger partial charge in [-0.25, -0.2) is 4.79 Å². The summed E-state index contributed by atoms with van der Waals surface area (Å²) in [4.78, 5) is 28.6. The number of rotatable bonds is 4. The number of carbonyl (C=O) groups is 2. The standard InChI is InChI=1S/C20H29N3O3/c1-3-26-20(25)22-12-9-17(10-13-22)23-11-8-16(14-23)21-19(24)18-7-5-4-6-15(18)2/h4-7,16-17H,3,8-14H2,1-2H3,(H,21,24)/t16-/m0/s1. The van der Waals surface area contributed by atoms with E-state index in [1.807, 2.05) is 38.1 Å². The molecule has 0 saturated carbocycles. The van der Waals surface area contributed by atoms with Crippen LogP contribution in [0.3, 0.4) is 0 Å². The molecule has 1 aromatic carbocycles. The van der Waals surface area contributed by atoms with Gasteiger partial charge in [-0.15, -0.1) is 0 Å². The molecule has 1 N–H and O–H groups in total. The molecule has 0 aliphatic carbocycles. The summed E-state index contributed by atoms with van der Waals surface area (Å²) in [6.45, 7) is 7.62. The number of piperidine rings is 1. The third-order valence-corrected chi connectivity index (χ3v) is 5.45. The van der Waals surface area contributed by atoms with Crippen molar-refractivity contribution in [3.63, 3.8) is 0 Å². The second kappa shape index (κ2) is 8.54. The van der Waals surface area contributed by atoms with Crippen LogP contribution in [0, 0.1) is 6.92 Å². The van der Waals surface area contributed by atoms with Crippen LogP contribution in [0.15, 0.2) is 24.3 Å². The Morgan fingerprint density at radius 3 is 2.58 bits per heavy atom. The molecule has 2 aliphatic heterocycles. The molecule has 2 amide bonds. The fourth-order valence-corrected chi connectivity index (χ4v) is 3.96. The smallest absolute Gasteiger partial charge is 0.409 e. The molecule has 2 aliphatic rings. The lowest BCUT2D eigenvalue weighted by atomic mass is 10.0. The van der Waals surface area contributed by atoms with E-state index in [9.17, 15) is 9.59 Å². The van der Waals surface area contributed by atoms with Gasteiger partial charge in [-0.3, -0.25) is 9.69 Å². The van der Waals surface area contributed by atoms with E-state index in [-0.39, 0.29) is 18.0 Å². The van der Waals surface area contributed by atoms with E-state index in [1.165, 1.54) is 0 Å². The van der Waals surface area contributed by atoms with Crippen molar-refractivity contribution in [2.75, 3.05) is 32.8 Å². The highest BCUT2D eigenvalue weighted by Gasteiger charge is 2.32. The second-order valence-corrected chi connectivity index (χ2v) is 7.19. The van der Waals surface area contributed by atoms with Gasteiger partial charge in [0.2, 0.25) is 0 Å². The number of carbonyl (C=O) groups excluding carboxylic acids is 2. The van der Waals surface area contributed by atoms with Gasteiger partial charge < -0.3 is 15.0 Å². The van der Waals surface area contributed by atoms with Crippen LogP contribution in [0.5, 0.6) is 0 Å². The van der Waals surface area contributed by atoms with Gasteiger partial charge in [0.15, 0.2) is 0 Å². The molecule has 1 aromatic rings. The van der Waals surface area contributed by atoms with Gasteiger partial charge in [0.1, 0.15) is 0 Å². The number of hydrogen-bond donors (Lipinski definition) is 1. The maximum atomic E-state index is 12.5. The van der Waals surface area contributed by atoms with Crippen molar-refractivity contribution in [2.45, 2.75) is 45.2 Å². The number of likely N-dealkylation sites (tertiary alicyclic amines) is 2. The Morgan fingerprint density at radius 2 is 1.88 bits per heavy atom. The molecule has 2 fully saturated rings. The Balaban J connectivity index is 1.47. The van der Waals surface area contributed by atoms with Crippen molar-refractivity contribution < 1.29 is 14.3 Å². The van der Waals surface area contributed by atoms with E-state index < -0.39 is 0 Å². The highest BCUT2D eigenvalue weighted by molar-refractivity contribution is 5.95. The van der Waals surface area contributed by atoms with Crippen molar-refractivity contribution in [3.05, 3.63) is 35.4 Å². The Morgan fingerprint density at radius 1 is 1.15 bits per heavy atom. The van der Waals surface area contributed by atoms with E-state index in [0.717, 1.165) is 56.6 Å². The summed E-state index contributed by atoms with van der Waals surface area (Å²) in [6, 6.07) is 8.38. The van der Waals surface area contributed by atoms with Gasteiger partial charge in [0.25, 0.3) is 5.91 Å². The molecule has 6 heteroatoms. The lowest BCUT2D eigenvalue weighted by Crippen LogP contribution is -2.47. The van der Waals surface area contributed by atoms with Crippen LogP contribution in [0.1, 0.15) is 42.1 Å². The maximum absolute atomic E-state index is 12.5. The molecule has 0 spiro atoms. The predicted octanol–water partition coefficient (Wildman–Crippen LogP) is 2.42. The first-order valence-electron chi connectivity index (χ1n) is 9.60. The number of amides is 2. The number of nitrogens with one attached hydrogen (secondary N) is 1. The minimum Gasteiger partial charge on any atom is -0.450 e. The second-order valence-electron chi connectivity index (χ2n) is 7.19. The highest BCUT2D eigenvalue weighted by atomic mass is 16.6. The van der Waals surface area contributed by atoms with Crippen molar-refractivity contribution in [3.8, 4) is 0 Å². The van der Waals surface area contributed by atoms with Crippen LogP contribution in [0.2, 0.25) is 0 Å². The van der Waals surface area contributed by atoms with Gasteiger partial charge in [-0.2, -0.15) is 0 Å². The van der Waals surface area contributed by atoms with E-state index in [2.05, 4.69) is 10.2 Å². The zero-order valence-corrected chi connectivity index (χ0v) is 15.7. The average molecular weight is 359 g/mol. The minimum absolute atomic E-state index is 0.0204. The molecule has 3 rings (SSSR count). The third-order valence-electron chi connectivity index (χ3n) is 5.45. The lowest BCUT2D eigenvalue weighted by Gasteiger charge is -2.36. The summed E-state index contributed by atoms with van der Waals surface area (Å²) in [5, 5.41) is 3.18. The molecular weight excluding hydrogens is 330 g/mol. The monoisotopic (exact) mass is 359 g/mol. The number of nitrogens with zero attached hydrogens (tertiary/aromatic N) is 2. The molecule has 0 unspecified atom stereocenters.